The molecule has 138 valence electrons. The van der Waals surface area contributed by atoms with E-state index in [2.05, 4.69) is 21.8 Å². The van der Waals surface area contributed by atoms with Crippen molar-refractivity contribution in [2.75, 3.05) is 13.6 Å². The zero-order valence-corrected chi connectivity index (χ0v) is 15.7. The summed E-state index contributed by atoms with van der Waals surface area (Å²) in [6.07, 6.45) is 12.1. The van der Waals surface area contributed by atoms with Crippen LogP contribution in [0.2, 0.25) is 0 Å². The molecule has 0 fully saturated rings. The van der Waals surface area contributed by atoms with Crippen molar-refractivity contribution >= 4 is 12.4 Å². The van der Waals surface area contributed by atoms with E-state index in [0.717, 1.165) is 24.9 Å². The number of aldehydes is 1. The summed E-state index contributed by atoms with van der Waals surface area (Å²) in [6.45, 7) is 5.12. The maximum atomic E-state index is 14.4. The molecule has 0 N–H and O–H groups in total. The lowest BCUT2D eigenvalue weighted by atomic mass is 10.0. The third-order valence-electron chi connectivity index (χ3n) is 4.28. The minimum atomic E-state index is -0.496. The van der Waals surface area contributed by atoms with Gasteiger partial charge in [-0.15, -0.1) is 0 Å². The van der Waals surface area contributed by atoms with Gasteiger partial charge in [0.15, 0.2) is 12.1 Å². The van der Waals surface area contributed by atoms with Gasteiger partial charge in [-0.25, -0.2) is 14.4 Å². The number of rotatable bonds is 9. The van der Waals surface area contributed by atoms with Crippen molar-refractivity contribution in [1.29, 1.82) is 0 Å². The van der Waals surface area contributed by atoms with Crippen molar-refractivity contribution in [1.82, 2.24) is 14.9 Å². The first-order valence-corrected chi connectivity index (χ1v) is 9.07. The van der Waals surface area contributed by atoms with Gasteiger partial charge in [-0.1, -0.05) is 26.7 Å². The molecule has 0 unspecified atom stereocenters. The second-order valence-corrected chi connectivity index (χ2v) is 6.35. The number of hydrogen-bond acceptors (Lipinski definition) is 4. The average Bonchev–Trinajstić information content (AvgIpc) is 2.67. The van der Waals surface area contributed by atoms with E-state index in [1.807, 2.05) is 26.2 Å². The Bertz CT molecular complexity index is 757. The van der Waals surface area contributed by atoms with Crippen LogP contribution in [0.3, 0.4) is 0 Å². The maximum Gasteiger partial charge on any atom is 0.162 e. The number of carbonyl (C=O) groups is 1. The molecule has 1 heterocycles. The summed E-state index contributed by atoms with van der Waals surface area (Å²) >= 11 is 0. The third kappa shape index (κ3) is 5.22. The number of carbonyl (C=O) groups excluding carboxylic acids is 1. The molecule has 0 saturated heterocycles. The van der Waals surface area contributed by atoms with E-state index in [0.29, 0.717) is 28.8 Å². The van der Waals surface area contributed by atoms with Crippen molar-refractivity contribution in [3.63, 3.8) is 0 Å². The number of benzene rings is 1. The molecule has 0 aliphatic heterocycles. The van der Waals surface area contributed by atoms with Crippen molar-refractivity contribution in [3.8, 4) is 11.4 Å². The number of hydrogen-bond donors (Lipinski definition) is 0. The Balaban J connectivity index is 2.28. The van der Waals surface area contributed by atoms with Crippen molar-refractivity contribution in [2.24, 2.45) is 0 Å². The van der Waals surface area contributed by atoms with Crippen molar-refractivity contribution in [2.45, 2.75) is 39.5 Å². The van der Waals surface area contributed by atoms with E-state index in [4.69, 9.17) is 0 Å². The Morgan fingerprint density at radius 2 is 1.85 bits per heavy atom. The molecule has 1 aromatic carbocycles. The van der Waals surface area contributed by atoms with Gasteiger partial charge < -0.3 is 4.90 Å². The Labute approximate surface area is 154 Å². The van der Waals surface area contributed by atoms with Crippen molar-refractivity contribution in [3.05, 3.63) is 53.2 Å². The predicted molar refractivity (Wildman–Crippen MR) is 103 cm³/mol. The summed E-state index contributed by atoms with van der Waals surface area (Å²) in [6, 6.07) is 2.88. The fraction of sp³-hybridized carbons (Fsp3) is 0.381. The highest BCUT2D eigenvalue weighted by Crippen LogP contribution is 2.24. The third-order valence-corrected chi connectivity index (χ3v) is 4.28. The first-order valence-electron chi connectivity index (χ1n) is 9.07. The van der Waals surface area contributed by atoms with Gasteiger partial charge in [0.05, 0.1) is 5.56 Å². The van der Waals surface area contributed by atoms with Crippen molar-refractivity contribution < 1.29 is 9.18 Å². The topological polar surface area (TPSA) is 46.1 Å². The second-order valence-electron chi connectivity index (χ2n) is 6.35. The van der Waals surface area contributed by atoms with Gasteiger partial charge in [0.25, 0.3) is 0 Å². The Morgan fingerprint density at radius 3 is 2.46 bits per heavy atom. The highest BCUT2D eigenvalue weighted by Gasteiger charge is 2.12. The van der Waals surface area contributed by atoms with Crippen LogP contribution in [0.4, 0.5) is 4.39 Å². The van der Waals surface area contributed by atoms with E-state index >= 15 is 0 Å². The number of unbranched alkanes of at least 4 members (excludes halogenated alkanes) is 2. The van der Waals surface area contributed by atoms with Crippen LogP contribution in [-0.4, -0.2) is 34.7 Å². The molecular formula is C21H26FN3O. The van der Waals surface area contributed by atoms with Gasteiger partial charge in [0, 0.05) is 31.5 Å². The molecule has 2 rings (SSSR count). The summed E-state index contributed by atoms with van der Waals surface area (Å²) in [5.41, 5.74) is 2.26. The fourth-order valence-corrected chi connectivity index (χ4v) is 2.59. The minimum absolute atomic E-state index is 0.298. The molecule has 0 atom stereocenters. The van der Waals surface area contributed by atoms with E-state index in [1.54, 1.807) is 18.5 Å². The summed E-state index contributed by atoms with van der Waals surface area (Å²) in [7, 11) is 1.99. The molecule has 0 saturated carbocycles. The first kappa shape index (κ1) is 19.8. The monoisotopic (exact) mass is 355 g/mol. The molecule has 0 spiro atoms. The predicted octanol–water partition coefficient (Wildman–Crippen LogP) is 4.75. The molecule has 26 heavy (non-hydrogen) atoms. The summed E-state index contributed by atoms with van der Waals surface area (Å²) in [5.74, 6) is -0.173. The second kappa shape index (κ2) is 9.80. The maximum absolute atomic E-state index is 14.4. The van der Waals surface area contributed by atoms with Gasteiger partial charge in [-0.2, -0.15) is 0 Å². The van der Waals surface area contributed by atoms with Gasteiger partial charge in [-0.05, 0) is 48.4 Å². The molecule has 4 nitrogen and oxygen atoms in total. The van der Waals surface area contributed by atoms with Gasteiger partial charge in [-0.3, -0.25) is 4.79 Å². The molecule has 2 aromatic rings. The Hall–Kier alpha value is -2.56. The largest absolute Gasteiger partial charge is 0.380 e. The smallest absolute Gasteiger partial charge is 0.162 e. The highest BCUT2D eigenvalue weighted by molar-refractivity contribution is 5.83. The summed E-state index contributed by atoms with van der Waals surface area (Å²) < 4.78 is 14.4. The lowest BCUT2D eigenvalue weighted by molar-refractivity contribution is 0.112. The number of nitrogens with zero attached hydrogens (tertiary/aromatic N) is 3. The zero-order chi connectivity index (χ0) is 18.9. The molecule has 0 aliphatic rings. The van der Waals surface area contributed by atoms with Crippen LogP contribution in [0.1, 0.15) is 54.6 Å². The van der Waals surface area contributed by atoms with E-state index in [9.17, 15) is 9.18 Å². The number of aryl methyl sites for hydroxylation is 1. The van der Waals surface area contributed by atoms with Crippen LogP contribution in [0.5, 0.6) is 0 Å². The molecule has 5 heteroatoms. The minimum Gasteiger partial charge on any atom is -0.380 e. The highest BCUT2D eigenvalue weighted by atomic mass is 19.1. The Kier molecular flexibility index (Phi) is 7.45. The molecular weight excluding hydrogens is 329 g/mol. The Morgan fingerprint density at radius 1 is 1.12 bits per heavy atom. The van der Waals surface area contributed by atoms with E-state index in [1.165, 1.54) is 18.9 Å². The SMILES string of the molecule is CCCCCN(C)/C=C\c1cc(-c2ncc(CC)cn2)c(F)cc1C=O. The fourth-order valence-electron chi connectivity index (χ4n) is 2.59. The van der Waals surface area contributed by atoms with Gasteiger partial charge in [0.1, 0.15) is 5.82 Å². The van der Waals surface area contributed by atoms with Crippen LogP contribution in [0.15, 0.2) is 30.7 Å². The van der Waals surface area contributed by atoms with E-state index < -0.39 is 5.82 Å². The summed E-state index contributed by atoms with van der Waals surface area (Å²) in [4.78, 5) is 21.9. The summed E-state index contributed by atoms with van der Waals surface area (Å²) in [5, 5.41) is 0. The molecule has 0 bridgehead atoms. The van der Waals surface area contributed by atoms with Crippen LogP contribution in [0, 0.1) is 5.82 Å². The average molecular weight is 355 g/mol. The first-order chi connectivity index (χ1) is 12.6. The molecule has 0 aliphatic carbocycles. The zero-order valence-electron chi connectivity index (χ0n) is 15.7. The van der Waals surface area contributed by atoms with Gasteiger partial charge in [0.2, 0.25) is 0 Å². The van der Waals surface area contributed by atoms with Crippen LogP contribution in [-0.2, 0) is 6.42 Å². The van der Waals surface area contributed by atoms with Crippen LogP contribution < -0.4 is 0 Å². The standard InChI is InChI=1S/C21H26FN3O/c1-4-6-7-9-25(3)10-8-17-11-19(20(22)12-18(17)15-26)21-23-13-16(5-2)14-24-21/h8,10-15H,4-7,9H2,1-3H3/b10-8-. The number of aromatic nitrogens is 2. The van der Waals surface area contributed by atoms with Gasteiger partial charge >= 0.3 is 0 Å². The molecule has 0 radical (unpaired) electrons. The van der Waals surface area contributed by atoms with Crippen LogP contribution >= 0.6 is 0 Å². The lowest BCUT2D eigenvalue weighted by Gasteiger charge is -2.13. The molecule has 0 amide bonds. The lowest BCUT2D eigenvalue weighted by Crippen LogP contribution is -2.11. The normalized spacial score (nSPS) is 11.1. The molecule has 1 aromatic heterocycles. The van der Waals surface area contributed by atoms with E-state index in [-0.39, 0.29) is 0 Å². The van der Waals surface area contributed by atoms with Crippen LogP contribution in [0.25, 0.3) is 17.5 Å². The number of halogens is 1. The quantitative estimate of drug-likeness (QED) is 0.481.